The molecule has 2 aromatic heterocycles. The second-order valence-corrected chi connectivity index (χ2v) is 12.8. The number of aromatic nitrogens is 3. The second kappa shape index (κ2) is 7.35. The highest BCUT2D eigenvalue weighted by Crippen LogP contribution is 2.37. The van der Waals surface area contributed by atoms with Crippen LogP contribution in [0.2, 0.25) is 18.1 Å². The number of halogens is 4. The van der Waals surface area contributed by atoms with Gasteiger partial charge in [0.25, 0.3) is 0 Å². The van der Waals surface area contributed by atoms with Crippen molar-refractivity contribution in [3.8, 4) is 11.5 Å². The van der Waals surface area contributed by atoms with Gasteiger partial charge in [0.1, 0.15) is 5.69 Å². The zero-order chi connectivity index (χ0) is 20.6. The van der Waals surface area contributed by atoms with Gasteiger partial charge in [-0.15, -0.1) is 0 Å². The van der Waals surface area contributed by atoms with Gasteiger partial charge in [0.15, 0.2) is 25.7 Å². The Kier molecular flexibility index (Phi) is 5.87. The number of alkyl halides is 3. The van der Waals surface area contributed by atoms with E-state index in [1.165, 1.54) is 16.8 Å². The van der Waals surface area contributed by atoms with Crippen molar-refractivity contribution in [3.05, 3.63) is 35.5 Å². The van der Waals surface area contributed by atoms with Gasteiger partial charge in [-0.25, -0.2) is 14.4 Å². The van der Waals surface area contributed by atoms with Crippen molar-refractivity contribution in [1.29, 1.82) is 0 Å². The summed E-state index contributed by atoms with van der Waals surface area (Å²) < 4.78 is 60.6. The molecular weight excluding hydrogens is 378 g/mol. The Morgan fingerprint density at radius 2 is 1.81 bits per heavy atom. The van der Waals surface area contributed by atoms with E-state index < -0.39 is 26.0 Å². The molecule has 2 aromatic rings. The molecule has 0 unspecified atom stereocenters. The van der Waals surface area contributed by atoms with E-state index in [-0.39, 0.29) is 29.7 Å². The first-order chi connectivity index (χ1) is 12.3. The number of nitrogens with zero attached hydrogens (tertiary/aromatic N) is 3. The van der Waals surface area contributed by atoms with Crippen LogP contribution in [0.25, 0.3) is 11.5 Å². The highest BCUT2D eigenvalue weighted by molar-refractivity contribution is 6.74. The van der Waals surface area contributed by atoms with Crippen molar-refractivity contribution in [2.24, 2.45) is 0 Å². The summed E-state index contributed by atoms with van der Waals surface area (Å²) in [6.45, 7) is 12.6. The molecule has 0 spiro atoms. The van der Waals surface area contributed by atoms with Gasteiger partial charge in [0.05, 0.1) is 6.61 Å². The molecule has 150 valence electrons. The molecule has 0 aliphatic heterocycles. The van der Waals surface area contributed by atoms with Crippen LogP contribution in [0.4, 0.5) is 17.6 Å². The summed E-state index contributed by atoms with van der Waals surface area (Å²) in [6, 6.07) is 1.25. The van der Waals surface area contributed by atoms with Crippen LogP contribution < -0.4 is 0 Å². The predicted octanol–water partition coefficient (Wildman–Crippen LogP) is 5.64. The molecule has 0 aliphatic rings. The molecular formula is C18H25F4N3OSi. The van der Waals surface area contributed by atoms with Gasteiger partial charge in [0, 0.05) is 18.9 Å². The van der Waals surface area contributed by atoms with Crippen LogP contribution in [-0.2, 0) is 23.8 Å². The fourth-order valence-corrected chi connectivity index (χ4v) is 3.14. The van der Waals surface area contributed by atoms with Gasteiger partial charge >= 0.3 is 6.18 Å². The number of imidazole rings is 1. The number of pyridine rings is 1. The molecule has 0 amide bonds. The Morgan fingerprint density at radius 1 is 1.19 bits per heavy atom. The lowest BCUT2D eigenvalue weighted by atomic mass is 10.2. The van der Waals surface area contributed by atoms with Crippen LogP contribution in [0.3, 0.4) is 0 Å². The van der Waals surface area contributed by atoms with E-state index in [0.29, 0.717) is 5.56 Å². The number of rotatable bonds is 5. The lowest BCUT2D eigenvalue weighted by Crippen LogP contribution is -2.40. The minimum atomic E-state index is -4.59. The van der Waals surface area contributed by atoms with Gasteiger partial charge in [0.2, 0.25) is 0 Å². The molecule has 0 saturated heterocycles. The Hall–Kier alpha value is -1.74. The third-order valence-corrected chi connectivity index (χ3v) is 9.40. The van der Waals surface area contributed by atoms with Crippen molar-refractivity contribution < 1.29 is 22.0 Å². The fourth-order valence-electron chi connectivity index (χ4n) is 2.18. The minimum Gasteiger partial charge on any atom is -0.412 e. The molecule has 0 radical (unpaired) electrons. The number of aryl methyl sites for hydroxylation is 1. The Bertz CT molecular complexity index is 810. The summed E-state index contributed by atoms with van der Waals surface area (Å²) in [5.74, 6) is -0.862. The van der Waals surface area contributed by atoms with Gasteiger partial charge in [-0.1, -0.05) is 20.8 Å². The van der Waals surface area contributed by atoms with Gasteiger partial charge in [-0.2, -0.15) is 13.2 Å². The zero-order valence-corrected chi connectivity index (χ0v) is 17.4. The van der Waals surface area contributed by atoms with Crippen molar-refractivity contribution in [1.82, 2.24) is 14.5 Å². The Balaban J connectivity index is 2.29. The highest BCUT2D eigenvalue weighted by Gasteiger charge is 2.37. The molecule has 0 saturated carbocycles. The van der Waals surface area contributed by atoms with Crippen molar-refractivity contribution in [3.63, 3.8) is 0 Å². The average molecular weight is 403 g/mol. The maximum absolute atomic E-state index is 14.6. The summed E-state index contributed by atoms with van der Waals surface area (Å²) in [7, 11) is -2.01. The van der Waals surface area contributed by atoms with Crippen LogP contribution >= 0.6 is 0 Å². The maximum Gasteiger partial charge on any atom is 0.434 e. The van der Waals surface area contributed by atoms with Crippen LogP contribution in [0.1, 0.15) is 39.0 Å². The summed E-state index contributed by atoms with van der Waals surface area (Å²) in [5.41, 5.74) is -0.735. The van der Waals surface area contributed by atoms with E-state index in [0.717, 1.165) is 6.20 Å². The standard InChI is InChI=1S/C18H25F4N3OSi/c1-7-25-10-14(18(20,21)22)24-16(25)15-13(19)8-12(9-23-15)11-26-27(5,6)17(2,3)4/h8-10H,7,11H2,1-6H3. The molecule has 0 fully saturated rings. The second-order valence-electron chi connectivity index (χ2n) is 7.96. The lowest BCUT2D eigenvalue weighted by molar-refractivity contribution is -0.140. The molecule has 0 aromatic carbocycles. The van der Waals surface area contributed by atoms with E-state index in [9.17, 15) is 17.6 Å². The molecule has 9 heteroatoms. The normalized spacial score (nSPS) is 13.3. The fraction of sp³-hybridized carbons (Fsp3) is 0.556. The van der Waals surface area contributed by atoms with E-state index in [1.807, 2.05) is 0 Å². The number of hydrogen-bond donors (Lipinski definition) is 0. The Morgan fingerprint density at radius 3 is 2.30 bits per heavy atom. The zero-order valence-electron chi connectivity index (χ0n) is 16.4. The molecule has 0 bridgehead atoms. The van der Waals surface area contributed by atoms with Crippen molar-refractivity contribution in [2.45, 2.75) is 65.2 Å². The third-order valence-electron chi connectivity index (χ3n) is 4.92. The first-order valence-electron chi connectivity index (χ1n) is 8.69. The molecule has 0 N–H and O–H groups in total. The predicted molar refractivity (Wildman–Crippen MR) is 98.1 cm³/mol. The maximum atomic E-state index is 14.6. The SMILES string of the molecule is CCn1cc(C(F)(F)F)nc1-c1ncc(CO[Si](C)(C)C(C)(C)C)cc1F. The van der Waals surface area contributed by atoms with E-state index >= 15 is 0 Å². The van der Waals surface area contributed by atoms with E-state index in [4.69, 9.17) is 4.43 Å². The summed E-state index contributed by atoms with van der Waals surface area (Å²) in [6.07, 6.45) is -2.30. The van der Waals surface area contributed by atoms with E-state index in [2.05, 4.69) is 43.8 Å². The smallest absolute Gasteiger partial charge is 0.412 e. The monoisotopic (exact) mass is 403 g/mol. The van der Waals surface area contributed by atoms with Gasteiger partial charge in [-0.3, -0.25) is 0 Å². The topological polar surface area (TPSA) is 39.9 Å². The van der Waals surface area contributed by atoms with Crippen LogP contribution in [0, 0.1) is 5.82 Å². The van der Waals surface area contributed by atoms with E-state index in [1.54, 1.807) is 6.92 Å². The largest absolute Gasteiger partial charge is 0.434 e. The first-order valence-corrected chi connectivity index (χ1v) is 11.6. The minimum absolute atomic E-state index is 0.0127. The third kappa shape index (κ3) is 4.76. The van der Waals surface area contributed by atoms with Crippen LogP contribution in [0.5, 0.6) is 0 Å². The molecule has 0 atom stereocenters. The van der Waals surface area contributed by atoms with Crippen molar-refractivity contribution in [2.75, 3.05) is 0 Å². The quantitative estimate of drug-likeness (QED) is 0.479. The summed E-state index contributed by atoms with van der Waals surface area (Å²) in [5, 5.41) is 0.0127. The summed E-state index contributed by atoms with van der Waals surface area (Å²) in [4.78, 5) is 7.57. The van der Waals surface area contributed by atoms with Crippen molar-refractivity contribution >= 4 is 8.32 Å². The molecule has 2 rings (SSSR count). The van der Waals surface area contributed by atoms with Crippen LogP contribution in [-0.4, -0.2) is 22.9 Å². The van der Waals surface area contributed by atoms with Gasteiger partial charge < -0.3 is 8.99 Å². The molecule has 0 aliphatic carbocycles. The molecule has 2 heterocycles. The lowest BCUT2D eigenvalue weighted by Gasteiger charge is -2.36. The molecule has 27 heavy (non-hydrogen) atoms. The van der Waals surface area contributed by atoms with Crippen LogP contribution in [0.15, 0.2) is 18.5 Å². The average Bonchev–Trinajstić information content (AvgIpc) is 2.96. The summed E-state index contributed by atoms with van der Waals surface area (Å²) >= 11 is 0. The Labute approximate surface area is 157 Å². The first kappa shape index (κ1) is 21.6. The highest BCUT2D eigenvalue weighted by atomic mass is 28.4. The number of hydrogen-bond acceptors (Lipinski definition) is 3. The van der Waals surface area contributed by atoms with Gasteiger partial charge in [-0.05, 0) is 36.7 Å². The molecule has 4 nitrogen and oxygen atoms in total.